The van der Waals surface area contributed by atoms with E-state index in [1.165, 1.54) is 5.56 Å². The van der Waals surface area contributed by atoms with Gasteiger partial charge in [-0.05, 0) is 31.4 Å². The van der Waals surface area contributed by atoms with Crippen molar-refractivity contribution < 1.29 is 5.11 Å². The third-order valence-corrected chi connectivity index (χ3v) is 3.59. The monoisotopic (exact) mass is 273 g/mol. The summed E-state index contributed by atoms with van der Waals surface area (Å²) in [6.07, 6.45) is 2.05. The van der Waals surface area contributed by atoms with Crippen molar-refractivity contribution in [3.63, 3.8) is 0 Å². The number of benzene rings is 1. The molecule has 0 spiro atoms. The molecule has 4 heteroatoms. The molecule has 4 nitrogen and oxygen atoms in total. The van der Waals surface area contributed by atoms with Crippen molar-refractivity contribution in [3.05, 3.63) is 40.7 Å². The number of nitrogens with one attached hydrogen (secondary N) is 1. The number of phenols is 1. The average Bonchev–Trinajstić information content (AvgIpc) is 2.77. The van der Waals surface area contributed by atoms with E-state index in [0.717, 1.165) is 22.5 Å². The zero-order valence-corrected chi connectivity index (χ0v) is 12.9. The molecule has 2 rings (SSSR count). The summed E-state index contributed by atoms with van der Waals surface area (Å²) in [5.41, 5.74) is 5.07. The fraction of sp³-hybridized carbons (Fsp3) is 0.438. The molecule has 0 atom stereocenters. The minimum Gasteiger partial charge on any atom is -0.507 e. The number of nitrogens with zero attached hydrogens (tertiary/aromatic N) is 2. The van der Waals surface area contributed by atoms with Crippen LogP contribution in [0.1, 0.15) is 42.1 Å². The molecule has 2 N–H and O–H groups in total. The smallest absolute Gasteiger partial charge is 0.123 e. The summed E-state index contributed by atoms with van der Waals surface area (Å²) < 4.78 is 1.85. The van der Waals surface area contributed by atoms with E-state index in [0.29, 0.717) is 18.2 Å². The predicted molar refractivity (Wildman–Crippen MR) is 82.2 cm³/mol. The van der Waals surface area contributed by atoms with Crippen molar-refractivity contribution in [3.8, 4) is 5.75 Å². The predicted octanol–water partition coefficient (Wildman–Crippen LogP) is 3.48. The van der Waals surface area contributed by atoms with Crippen molar-refractivity contribution in [2.45, 2.75) is 40.2 Å². The van der Waals surface area contributed by atoms with Crippen LogP contribution in [0.2, 0.25) is 0 Å². The molecule has 0 aliphatic rings. The summed E-state index contributed by atoms with van der Waals surface area (Å²) in [6.45, 7) is 8.84. The van der Waals surface area contributed by atoms with Crippen LogP contribution in [0.5, 0.6) is 5.75 Å². The Hall–Kier alpha value is -1.97. The molecule has 0 amide bonds. The van der Waals surface area contributed by atoms with Crippen LogP contribution >= 0.6 is 0 Å². The van der Waals surface area contributed by atoms with Gasteiger partial charge in [-0.2, -0.15) is 5.10 Å². The lowest BCUT2D eigenvalue weighted by Gasteiger charge is -2.13. The van der Waals surface area contributed by atoms with E-state index in [1.54, 1.807) is 0 Å². The number of aromatic hydroxyl groups is 1. The highest BCUT2D eigenvalue weighted by molar-refractivity contribution is 5.59. The molecule has 1 aromatic carbocycles. The van der Waals surface area contributed by atoms with Gasteiger partial charge in [-0.25, -0.2) is 0 Å². The maximum atomic E-state index is 9.97. The minimum absolute atomic E-state index is 0.366. The van der Waals surface area contributed by atoms with Crippen LogP contribution in [0, 0.1) is 13.8 Å². The Labute approximate surface area is 120 Å². The quantitative estimate of drug-likeness (QED) is 0.896. The van der Waals surface area contributed by atoms with E-state index < -0.39 is 0 Å². The van der Waals surface area contributed by atoms with Gasteiger partial charge in [0.1, 0.15) is 5.75 Å². The van der Waals surface area contributed by atoms with Crippen LogP contribution in [0.4, 0.5) is 5.69 Å². The van der Waals surface area contributed by atoms with E-state index >= 15 is 0 Å². The Morgan fingerprint density at radius 3 is 2.65 bits per heavy atom. The zero-order chi connectivity index (χ0) is 14.9. The second kappa shape index (κ2) is 5.57. The summed E-state index contributed by atoms with van der Waals surface area (Å²) in [6, 6.07) is 3.94. The van der Waals surface area contributed by atoms with Gasteiger partial charge in [0.25, 0.3) is 0 Å². The standard InChI is InChI=1S/C16H23N3O/c1-10(2)15-13(9-19(5)18-15)8-17-14-7-6-11(3)16(20)12(14)4/h6-7,9-10,17,20H,8H2,1-5H3. The number of hydrogen-bond donors (Lipinski definition) is 2. The minimum atomic E-state index is 0.366. The van der Waals surface area contributed by atoms with E-state index in [4.69, 9.17) is 0 Å². The number of hydrogen-bond acceptors (Lipinski definition) is 3. The van der Waals surface area contributed by atoms with Crippen molar-refractivity contribution in [2.75, 3.05) is 5.32 Å². The Kier molecular flexibility index (Phi) is 4.02. The van der Waals surface area contributed by atoms with Gasteiger partial charge < -0.3 is 10.4 Å². The van der Waals surface area contributed by atoms with Gasteiger partial charge in [0.2, 0.25) is 0 Å². The molecule has 2 aromatic rings. The molecule has 0 radical (unpaired) electrons. The van der Waals surface area contributed by atoms with E-state index in [-0.39, 0.29) is 0 Å². The maximum Gasteiger partial charge on any atom is 0.123 e. The maximum absolute atomic E-state index is 9.97. The lowest BCUT2D eigenvalue weighted by molar-refractivity contribution is 0.467. The van der Waals surface area contributed by atoms with Crippen LogP contribution in [0.3, 0.4) is 0 Å². The van der Waals surface area contributed by atoms with Crippen LogP contribution < -0.4 is 5.32 Å². The van der Waals surface area contributed by atoms with Crippen molar-refractivity contribution in [2.24, 2.45) is 7.05 Å². The SMILES string of the molecule is Cc1ccc(NCc2cn(C)nc2C(C)C)c(C)c1O. The van der Waals surface area contributed by atoms with Gasteiger partial charge in [0.05, 0.1) is 5.69 Å². The second-order valence-electron chi connectivity index (χ2n) is 5.63. The van der Waals surface area contributed by atoms with Crippen molar-refractivity contribution in [1.82, 2.24) is 9.78 Å². The average molecular weight is 273 g/mol. The van der Waals surface area contributed by atoms with Crippen LogP contribution in [-0.4, -0.2) is 14.9 Å². The summed E-state index contributed by atoms with van der Waals surface area (Å²) in [7, 11) is 1.94. The first-order valence-electron chi connectivity index (χ1n) is 6.95. The Bertz CT molecular complexity index is 614. The highest BCUT2D eigenvalue weighted by atomic mass is 16.3. The Morgan fingerprint density at radius 2 is 2.00 bits per heavy atom. The third kappa shape index (κ3) is 2.79. The highest BCUT2D eigenvalue weighted by Gasteiger charge is 2.12. The van der Waals surface area contributed by atoms with Crippen LogP contribution in [-0.2, 0) is 13.6 Å². The molecule has 0 fully saturated rings. The molecular weight excluding hydrogens is 250 g/mol. The summed E-state index contributed by atoms with van der Waals surface area (Å²) in [5, 5.41) is 17.9. The first-order chi connectivity index (χ1) is 9.40. The fourth-order valence-electron chi connectivity index (χ4n) is 2.39. The topological polar surface area (TPSA) is 50.1 Å². The first-order valence-corrected chi connectivity index (χ1v) is 6.95. The molecule has 0 bridgehead atoms. The summed E-state index contributed by atoms with van der Waals surface area (Å²) in [4.78, 5) is 0. The molecule has 0 saturated carbocycles. The van der Waals surface area contributed by atoms with Gasteiger partial charge in [-0.1, -0.05) is 19.9 Å². The van der Waals surface area contributed by atoms with E-state index in [1.807, 2.05) is 43.9 Å². The molecule has 0 saturated heterocycles. The molecule has 0 aliphatic heterocycles. The fourth-order valence-corrected chi connectivity index (χ4v) is 2.39. The zero-order valence-electron chi connectivity index (χ0n) is 12.9. The van der Waals surface area contributed by atoms with Gasteiger partial charge in [-0.15, -0.1) is 0 Å². The van der Waals surface area contributed by atoms with Crippen molar-refractivity contribution in [1.29, 1.82) is 0 Å². The number of phenolic OH excluding ortho intramolecular Hbond substituents is 1. The summed E-state index contributed by atoms with van der Waals surface area (Å²) in [5.74, 6) is 0.769. The van der Waals surface area contributed by atoms with E-state index in [9.17, 15) is 5.11 Å². The first kappa shape index (κ1) is 14.4. The highest BCUT2D eigenvalue weighted by Crippen LogP contribution is 2.28. The second-order valence-corrected chi connectivity index (χ2v) is 5.63. The van der Waals surface area contributed by atoms with Crippen LogP contribution in [0.25, 0.3) is 0 Å². The molecular formula is C16H23N3O. The van der Waals surface area contributed by atoms with Gasteiger partial charge >= 0.3 is 0 Å². The normalized spacial score (nSPS) is 11.1. The lowest BCUT2D eigenvalue weighted by Crippen LogP contribution is -2.04. The van der Waals surface area contributed by atoms with Crippen molar-refractivity contribution >= 4 is 5.69 Å². The molecule has 0 aliphatic carbocycles. The summed E-state index contributed by atoms with van der Waals surface area (Å²) >= 11 is 0. The van der Waals surface area contributed by atoms with Crippen LogP contribution in [0.15, 0.2) is 18.3 Å². The Morgan fingerprint density at radius 1 is 1.30 bits per heavy atom. The van der Waals surface area contributed by atoms with Gasteiger partial charge in [0.15, 0.2) is 0 Å². The molecule has 0 unspecified atom stereocenters. The van der Waals surface area contributed by atoms with Gasteiger partial charge in [-0.3, -0.25) is 4.68 Å². The molecule has 1 heterocycles. The van der Waals surface area contributed by atoms with Gasteiger partial charge in [0, 0.05) is 36.6 Å². The number of rotatable bonds is 4. The largest absolute Gasteiger partial charge is 0.507 e. The van der Waals surface area contributed by atoms with E-state index in [2.05, 4.69) is 24.3 Å². The molecule has 1 aromatic heterocycles. The third-order valence-electron chi connectivity index (χ3n) is 3.59. The number of aryl methyl sites for hydroxylation is 2. The molecule has 20 heavy (non-hydrogen) atoms. The number of anilines is 1. The molecule has 108 valence electrons. The number of aromatic nitrogens is 2. The Balaban J connectivity index is 2.19. The lowest BCUT2D eigenvalue weighted by atomic mass is 10.1.